The van der Waals surface area contributed by atoms with Crippen LogP contribution >= 0.6 is 27.5 Å². The Hall–Kier alpha value is -0.200. The summed E-state index contributed by atoms with van der Waals surface area (Å²) < 4.78 is 46.1. The van der Waals surface area contributed by atoms with Crippen LogP contribution in [0.4, 0.5) is 8.28 Å². The van der Waals surface area contributed by atoms with E-state index in [1.807, 2.05) is 0 Å². The highest BCUT2D eigenvalue weighted by Gasteiger charge is 2.23. The Bertz CT molecular complexity index is 446. The highest BCUT2D eigenvalue weighted by atomic mass is 79.9. The van der Waals surface area contributed by atoms with E-state index in [-0.39, 0.29) is 4.47 Å². The molecule has 0 radical (unpaired) electrons. The van der Waals surface area contributed by atoms with E-state index in [1.165, 1.54) is 6.07 Å². The molecule has 0 amide bonds. The van der Waals surface area contributed by atoms with E-state index in [0.717, 1.165) is 6.07 Å². The average molecular weight is 292 g/mol. The molecule has 0 bridgehead atoms. The van der Waals surface area contributed by atoms with E-state index in [9.17, 15) is 16.7 Å². The van der Waals surface area contributed by atoms with Gasteiger partial charge in [-0.15, -0.1) is 3.89 Å². The van der Waals surface area contributed by atoms with Gasteiger partial charge >= 0.3 is 10.2 Å². The van der Waals surface area contributed by atoms with E-state index in [2.05, 4.69) is 15.9 Å². The van der Waals surface area contributed by atoms with Crippen molar-refractivity contribution in [3.05, 3.63) is 27.4 Å². The van der Waals surface area contributed by atoms with Crippen molar-refractivity contribution in [2.75, 3.05) is 0 Å². The lowest BCUT2D eigenvalue weighted by molar-refractivity contribution is 0.532. The number of benzene rings is 1. The second-order valence-corrected chi connectivity index (χ2v) is 4.66. The van der Waals surface area contributed by atoms with Crippen molar-refractivity contribution in [1.29, 1.82) is 0 Å². The Morgan fingerprint density at radius 2 is 1.92 bits per heavy atom. The SMILES string of the molecule is O=S(=O)(F)c1c(Cl)ccc(Br)c1F. The van der Waals surface area contributed by atoms with Gasteiger partial charge in [-0.3, -0.25) is 0 Å². The highest BCUT2D eigenvalue weighted by molar-refractivity contribution is 9.10. The van der Waals surface area contributed by atoms with Crippen LogP contribution in [0.5, 0.6) is 0 Å². The molecule has 72 valence electrons. The number of halogens is 4. The lowest BCUT2D eigenvalue weighted by Gasteiger charge is -2.01. The largest absolute Gasteiger partial charge is 0.336 e. The molecular weight excluding hydrogens is 289 g/mol. The number of hydrogen-bond acceptors (Lipinski definition) is 2. The molecule has 0 aliphatic rings. The van der Waals surface area contributed by atoms with Gasteiger partial charge in [-0.25, -0.2) is 4.39 Å². The van der Waals surface area contributed by atoms with Crippen LogP contribution in [0.15, 0.2) is 21.5 Å². The molecule has 1 aromatic rings. The van der Waals surface area contributed by atoms with Gasteiger partial charge in [-0.1, -0.05) is 11.6 Å². The van der Waals surface area contributed by atoms with E-state index in [1.54, 1.807) is 0 Å². The molecule has 1 rings (SSSR count). The minimum absolute atomic E-state index is 0.159. The van der Waals surface area contributed by atoms with Gasteiger partial charge in [0, 0.05) is 0 Å². The maximum absolute atomic E-state index is 13.0. The molecular formula is C6H2BrClF2O2S. The van der Waals surface area contributed by atoms with Crippen molar-refractivity contribution in [2.45, 2.75) is 4.90 Å². The first-order chi connectivity index (χ1) is 5.84. The zero-order valence-corrected chi connectivity index (χ0v) is 9.05. The summed E-state index contributed by atoms with van der Waals surface area (Å²) in [6.07, 6.45) is 0. The standard InChI is InChI=1S/C6H2BrClF2O2S/c7-3-1-2-4(8)6(5(3)9)13(10,11)12/h1-2H. The van der Waals surface area contributed by atoms with Crippen molar-refractivity contribution >= 4 is 37.8 Å². The molecule has 2 nitrogen and oxygen atoms in total. The lowest BCUT2D eigenvalue weighted by Crippen LogP contribution is -1.98. The number of rotatable bonds is 1. The molecule has 13 heavy (non-hydrogen) atoms. The number of hydrogen-bond donors (Lipinski definition) is 0. The van der Waals surface area contributed by atoms with Gasteiger partial charge in [0.05, 0.1) is 9.50 Å². The minimum Gasteiger partial charge on any atom is -0.204 e. The molecule has 0 aromatic heterocycles. The van der Waals surface area contributed by atoms with Gasteiger partial charge in [0.2, 0.25) is 0 Å². The predicted octanol–water partition coefficient (Wildman–Crippen LogP) is 2.90. The fraction of sp³-hybridized carbons (Fsp3) is 0. The molecule has 0 heterocycles. The summed E-state index contributed by atoms with van der Waals surface area (Å²) in [6.45, 7) is 0. The van der Waals surface area contributed by atoms with Crippen LogP contribution in [0.25, 0.3) is 0 Å². The quantitative estimate of drug-likeness (QED) is 0.589. The zero-order chi connectivity index (χ0) is 10.2. The Labute approximate surface area is 86.9 Å². The van der Waals surface area contributed by atoms with Crippen LogP contribution in [0, 0.1) is 5.82 Å². The van der Waals surface area contributed by atoms with Crippen molar-refractivity contribution in [3.63, 3.8) is 0 Å². The first-order valence-corrected chi connectivity index (χ1v) is 5.47. The first-order valence-electron chi connectivity index (χ1n) is 2.92. The summed E-state index contributed by atoms with van der Waals surface area (Å²) in [5, 5.41) is -0.483. The van der Waals surface area contributed by atoms with E-state index in [0.29, 0.717) is 0 Å². The van der Waals surface area contributed by atoms with Gasteiger partial charge in [0.15, 0.2) is 10.7 Å². The van der Waals surface area contributed by atoms with Crippen LogP contribution < -0.4 is 0 Å². The summed E-state index contributed by atoms with van der Waals surface area (Å²) in [5.74, 6) is -1.23. The normalized spacial score (nSPS) is 11.7. The van der Waals surface area contributed by atoms with Gasteiger partial charge in [-0.2, -0.15) is 8.42 Å². The smallest absolute Gasteiger partial charge is 0.204 e. The molecule has 0 unspecified atom stereocenters. The van der Waals surface area contributed by atoms with E-state index >= 15 is 0 Å². The summed E-state index contributed by atoms with van der Waals surface area (Å²) >= 11 is 8.01. The monoisotopic (exact) mass is 290 g/mol. The fourth-order valence-electron chi connectivity index (χ4n) is 0.732. The van der Waals surface area contributed by atoms with Crippen LogP contribution in [0.1, 0.15) is 0 Å². The van der Waals surface area contributed by atoms with Crippen LogP contribution in [0.3, 0.4) is 0 Å². The molecule has 7 heteroatoms. The molecule has 0 saturated carbocycles. The first kappa shape index (κ1) is 10.9. The maximum atomic E-state index is 13.0. The third kappa shape index (κ3) is 2.18. The molecule has 0 N–H and O–H groups in total. The molecule has 0 aliphatic carbocycles. The van der Waals surface area contributed by atoms with Crippen molar-refractivity contribution in [1.82, 2.24) is 0 Å². The van der Waals surface area contributed by atoms with Gasteiger partial charge in [0.25, 0.3) is 0 Å². The second-order valence-electron chi connectivity index (χ2n) is 2.11. The molecule has 0 spiro atoms. The van der Waals surface area contributed by atoms with Crippen LogP contribution in [0.2, 0.25) is 5.02 Å². The van der Waals surface area contributed by atoms with E-state index < -0.39 is 26.0 Å². The lowest BCUT2D eigenvalue weighted by atomic mass is 10.3. The van der Waals surface area contributed by atoms with Crippen LogP contribution in [-0.4, -0.2) is 8.42 Å². The average Bonchev–Trinajstić information content (AvgIpc) is 1.95. The Morgan fingerprint density at radius 1 is 1.38 bits per heavy atom. The second kappa shape index (κ2) is 3.51. The van der Waals surface area contributed by atoms with Gasteiger partial charge < -0.3 is 0 Å². The Kier molecular flexibility index (Phi) is 2.94. The summed E-state index contributed by atoms with van der Waals surface area (Å²) in [7, 11) is -5.12. The predicted molar refractivity (Wildman–Crippen MR) is 47.4 cm³/mol. The van der Waals surface area contributed by atoms with Gasteiger partial charge in [-0.05, 0) is 28.1 Å². The van der Waals surface area contributed by atoms with Crippen molar-refractivity contribution in [3.8, 4) is 0 Å². The molecule has 0 aliphatic heterocycles. The third-order valence-electron chi connectivity index (χ3n) is 1.25. The van der Waals surface area contributed by atoms with Gasteiger partial charge in [0.1, 0.15) is 0 Å². The Morgan fingerprint density at radius 3 is 2.31 bits per heavy atom. The molecule has 0 fully saturated rings. The Balaban J connectivity index is 3.62. The topological polar surface area (TPSA) is 34.1 Å². The zero-order valence-electron chi connectivity index (χ0n) is 5.89. The molecule has 0 saturated heterocycles. The highest BCUT2D eigenvalue weighted by Crippen LogP contribution is 2.30. The minimum atomic E-state index is -5.12. The van der Waals surface area contributed by atoms with Crippen molar-refractivity contribution in [2.24, 2.45) is 0 Å². The van der Waals surface area contributed by atoms with E-state index in [4.69, 9.17) is 11.6 Å². The summed E-state index contributed by atoms with van der Waals surface area (Å²) in [4.78, 5) is -1.14. The fourth-order valence-corrected chi connectivity index (χ4v) is 2.24. The summed E-state index contributed by atoms with van der Waals surface area (Å²) in [5.41, 5.74) is 0. The molecule has 0 atom stereocenters. The molecule has 1 aromatic carbocycles. The van der Waals surface area contributed by atoms with Crippen LogP contribution in [-0.2, 0) is 10.2 Å². The third-order valence-corrected chi connectivity index (χ3v) is 3.17. The summed E-state index contributed by atoms with van der Waals surface area (Å²) in [6, 6.07) is 2.27. The van der Waals surface area contributed by atoms with Crippen molar-refractivity contribution < 1.29 is 16.7 Å². The maximum Gasteiger partial charge on any atom is 0.336 e.